The molecule has 0 spiro atoms. The highest BCUT2D eigenvalue weighted by Gasteiger charge is 2.19. The van der Waals surface area contributed by atoms with Crippen molar-refractivity contribution < 1.29 is 5.11 Å². The molecular weight excluding hydrogens is 198 g/mol. The van der Waals surface area contributed by atoms with Gasteiger partial charge in [0.05, 0.1) is 6.61 Å². The van der Waals surface area contributed by atoms with E-state index in [2.05, 4.69) is 33.0 Å². The molecule has 0 aromatic heterocycles. The second kappa shape index (κ2) is 9.00. The molecule has 0 aliphatic carbocycles. The highest BCUT2D eigenvalue weighted by Crippen LogP contribution is 2.17. The van der Waals surface area contributed by atoms with Crippen LogP contribution in [0.25, 0.3) is 0 Å². The van der Waals surface area contributed by atoms with Gasteiger partial charge in [0.2, 0.25) is 0 Å². The standard InChI is InChI=1S/C14H31NO/c1-5-8-9-13(6-2)10-11-15-14(4,7-3)12-16/h13,15-16H,5-12H2,1-4H3. The van der Waals surface area contributed by atoms with Crippen LogP contribution in [0.3, 0.4) is 0 Å². The molecular formula is C14H31NO. The Morgan fingerprint density at radius 1 is 1.19 bits per heavy atom. The lowest BCUT2D eigenvalue weighted by molar-refractivity contribution is 0.167. The van der Waals surface area contributed by atoms with E-state index in [4.69, 9.17) is 0 Å². The predicted molar refractivity (Wildman–Crippen MR) is 71.7 cm³/mol. The summed E-state index contributed by atoms with van der Waals surface area (Å²) in [7, 11) is 0. The summed E-state index contributed by atoms with van der Waals surface area (Å²) >= 11 is 0. The van der Waals surface area contributed by atoms with Gasteiger partial charge in [-0.2, -0.15) is 0 Å². The van der Waals surface area contributed by atoms with Crippen molar-refractivity contribution in [2.45, 2.75) is 71.8 Å². The maximum absolute atomic E-state index is 9.29. The van der Waals surface area contributed by atoms with Crippen LogP contribution in [0.5, 0.6) is 0 Å². The van der Waals surface area contributed by atoms with Crippen molar-refractivity contribution in [3.63, 3.8) is 0 Å². The van der Waals surface area contributed by atoms with Gasteiger partial charge >= 0.3 is 0 Å². The molecule has 2 nitrogen and oxygen atoms in total. The zero-order chi connectivity index (χ0) is 12.4. The summed E-state index contributed by atoms with van der Waals surface area (Å²) in [5.74, 6) is 0.854. The molecule has 0 rings (SSSR count). The van der Waals surface area contributed by atoms with Crippen LogP contribution in [0.4, 0.5) is 0 Å². The molecule has 0 radical (unpaired) electrons. The lowest BCUT2D eigenvalue weighted by Gasteiger charge is -2.28. The van der Waals surface area contributed by atoms with Gasteiger partial charge in [-0.25, -0.2) is 0 Å². The normalized spacial score (nSPS) is 17.1. The number of aliphatic hydroxyl groups is 1. The van der Waals surface area contributed by atoms with Crippen molar-refractivity contribution in [1.82, 2.24) is 5.32 Å². The van der Waals surface area contributed by atoms with Crippen LogP contribution in [-0.4, -0.2) is 23.8 Å². The van der Waals surface area contributed by atoms with E-state index in [9.17, 15) is 5.11 Å². The van der Waals surface area contributed by atoms with Gasteiger partial charge in [0.1, 0.15) is 0 Å². The number of hydrogen-bond donors (Lipinski definition) is 2. The van der Waals surface area contributed by atoms with Crippen molar-refractivity contribution >= 4 is 0 Å². The van der Waals surface area contributed by atoms with Gasteiger partial charge in [-0.05, 0) is 32.2 Å². The Bertz CT molecular complexity index is 155. The van der Waals surface area contributed by atoms with Gasteiger partial charge in [0.15, 0.2) is 0 Å². The van der Waals surface area contributed by atoms with Gasteiger partial charge < -0.3 is 10.4 Å². The van der Waals surface area contributed by atoms with Gasteiger partial charge in [-0.3, -0.25) is 0 Å². The first-order chi connectivity index (χ1) is 7.61. The minimum absolute atomic E-state index is 0.0803. The summed E-state index contributed by atoms with van der Waals surface area (Å²) in [5.41, 5.74) is -0.0803. The fourth-order valence-corrected chi connectivity index (χ4v) is 1.92. The summed E-state index contributed by atoms with van der Waals surface area (Å²) in [6, 6.07) is 0. The third-order valence-corrected chi connectivity index (χ3v) is 3.78. The molecule has 2 atom stereocenters. The molecule has 2 unspecified atom stereocenters. The van der Waals surface area contributed by atoms with E-state index in [0.29, 0.717) is 0 Å². The summed E-state index contributed by atoms with van der Waals surface area (Å²) in [6.07, 6.45) is 7.51. The monoisotopic (exact) mass is 229 g/mol. The molecule has 2 heteroatoms. The first-order valence-corrected chi connectivity index (χ1v) is 6.97. The van der Waals surface area contributed by atoms with Gasteiger partial charge in [-0.15, -0.1) is 0 Å². The Labute approximate surface area is 102 Å². The Kier molecular flexibility index (Phi) is 8.96. The maximum Gasteiger partial charge on any atom is 0.0610 e. The Morgan fingerprint density at radius 2 is 1.88 bits per heavy atom. The molecule has 0 aliphatic rings. The molecule has 0 heterocycles. The number of hydrogen-bond acceptors (Lipinski definition) is 2. The fourth-order valence-electron chi connectivity index (χ4n) is 1.92. The first kappa shape index (κ1) is 15.9. The Morgan fingerprint density at radius 3 is 2.31 bits per heavy atom. The van der Waals surface area contributed by atoms with E-state index in [0.717, 1.165) is 18.9 Å². The van der Waals surface area contributed by atoms with E-state index in [1.165, 1.54) is 32.1 Å². The number of nitrogens with one attached hydrogen (secondary N) is 1. The van der Waals surface area contributed by atoms with Crippen LogP contribution >= 0.6 is 0 Å². The Hall–Kier alpha value is -0.0800. The molecule has 0 aliphatic heterocycles. The smallest absolute Gasteiger partial charge is 0.0610 e. The quantitative estimate of drug-likeness (QED) is 0.602. The molecule has 0 aromatic rings. The van der Waals surface area contributed by atoms with E-state index in [-0.39, 0.29) is 12.1 Å². The average Bonchev–Trinajstić information content (AvgIpc) is 2.33. The third kappa shape index (κ3) is 6.49. The Balaban J connectivity index is 3.76. The van der Waals surface area contributed by atoms with Crippen molar-refractivity contribution in [2.24, 2.45) is 5.92 Å². The fraction of sp³-hybridized carbons (Fsp3) is 1.00. The van der Waals surface area contributed by atoms with Crippen LogP contribution in [0.2, 0.25) is 0 Å². The molecule has 0 saturated heterocycles. The molecule has 0 saturated carbocycles. The van der Waals surface area contributed by atoms with Crippen molar-refractivity contribution in [3.8, 4) is 0 Å². The lowest BCUT2D eigenvalue weighted by Crippen LogP contribution is -2.45. The maximum atomic E-state index is 9.29. The molecule has 0 bridgehead atoms. The number of unbranched alkanes of at least 4 members (excludes halogenated alkanes) is 1. The summed E-state index contributed by atoms with van der Waals surface area (Å²) in [5, 5.41) is 12.8. The summed E-state index contributed by atoms with van der Waals surface area (Å²) in [6.45, 7) is 10.0. The van der Waals surface area contributed by atoms with E-state index in [1.54, 1.807) is 0 Å². The van der Waals surface area contributed by atoms with Gasteiger partial charge in [0.25, 0.3) is 0 Å². The first-order valence-electron chi connectivity index (χ1n) is 6.97. The highest BCUT2D eigenvalue weighted by molar-refractivity contribution is 4.80. The van der Waals surface area contributed by atoms with E-state index >= 15 is 0 Å². The zero-order valence-corrected chi connectivity index (χ0v) is 11.7. The molecule has 98 valence electrons. The van der Waals surface area contributed by atoms with Crippen LogP contribution < -0.4 is 5.32 Å². The second-order valence-electron chi connectivity index (χ2n) is 5.20. The van der Waals surface area contributed by atoms with Crippen LogP contribution in [0.1, 0.15) is 66.2 Å². The van der Waals surface area contributed by atoms with Crippen molar-refractivity contribution in [1.29, 1.82) is 0 Å². The zero-order valence-electron chi connectivity index (χ0n) is 11.7. The van der Waals surface area contributed by atoms with Crippen LogP contribution in [0, 0.1) is 5.92 Å². The van der Waals surface area contributed by atoms with Crippen molar-refractivity contribution in [2.75, 3.05) is 13.2 Å². The third-order valence-electron chi connectivity index (χ3n) is 3.78. The minimum atomic E-state index is -0.0803. The topological polar surface area (TPSA) is 32.3 Å². The SMILES string of the molecule is CCCCC(CC)CCNC(C)(CC)CO. The van der Waals surface area contributed by atoms with Crippen molar-refractivity contribution in [3.05, 3.63) is 0 Å². The van der Waals surface area contributed by atoms with Gasteiger partial charge in [0, 0.05) is 5.54 Å². The molecule has 0 aromatic carbocycles. The number of aliphatic hydroxyl groups excluding tert-OH is 1. The molecule has 16 heavy (non-hydrogen) atoms. The number of rotatable bonds is 10. The molecule has 2 N–H and O–H groups in total. The summed E-state index contributed by atoms with van der Waals surface area (Å²) in [4.78, 5) is 0. The molecule has 0 fully saturated rings. The largest absolute Gasteiger partial charge is 0.394 e. The minimum Gasteiger partial charge on any atom is -0.394 e. The van der Waals surface area contributed by atoms with Crippen LogP contribution in [-0.2, 0) is 0 Å². The predicted octanol–water partition coefficient (Wildman–Crippen LogP) is 3.34. The van der Waals surface area contributed by atoms with E-state index < -0.39 is 0 Å². The second-order valence-corrected chi connectivity index (χ2v) is 5.20. The summed E-state index contributed by atoms with van der Waals surface area (Å²) < 4.78 is 0. The van der Waals surface area contributed by atoms with E-state index in [1.807, 2.05) is 0 Å². The molecule has 0 amide bonds. The lowest BCUT2D eigenvalue weighted by atomic mass is 9.94. The van der Waals surface area contributed by atoms with Gasteiger partial charge in [-0.1, -0.05) is 46.5 Å². The van der Waals surface area contributed by atoms with Crippen LogP contribution in [0.15, 0.2) is 0 Å². The average molecular weight is 229 g/mol. The highest BCUT2D eigenvalue weighted by atomic mass is 16.3.